The van der Waals surface area contributed by atoms with E-state index in [0.29, 0.717) is 17.7 Å². The second-order valence-electron chi connectivity index (χ2n) is 3.71. The molecule has 0 aliphatic heterocycles. The van der Waals surface area contributed by atoms with Gasteiger partial charge < -0.3 is 5.73 Å². The van der Waals surface area contributed by atoms with Crippen LogP contribution < -0.4 is 5.73 Å². The van der Waals surface area contributed by atoms with Gasteiger partial charge in [-0.15, -0.1) is 0 Å². The first-order chi connectivity index (χ1) is 6.60. The Morgan fingerprint density at radius 2 is 1.71 bits per heavy atom. The van der Waals surface area contributed by atoms with Gasteiger partial charge >= 0.3 is 0 Å². The average Bonchev–Trinajstić information content (AvgIpc) is 2.14. The Bertz CT molecular complexity index is 407. The maximum absolute atomic E-state index is 11.9. The molecule has 0 saturated heterocycles. The lowest BCUT2D eigenvalue weighted by atomic mass is 9.93. The first-order valence-corrected chi connectivity index (χ1v) is 6.20. The second kappa shape index (κ2) is 3.37. The van der Waals surface area contributed by atoms with Gasteiger partial charge in [0.05, 0.1) is 10.1 Å². The Morgan fingerprint density at radius 1 is 1.14 bits per heavy atom. The maximum atomic E-state index is 11.9. The molecule has 1 saturated carbocycles. The molecule has 0 aromatic heterocycles. The zero-order chi connectivity index (χ0) is 10.2. The number of sulfone groups is 1. The van der Waals surface area contributed by atoms with E-state index in [2.05, 4.69) is 0 Å². The summed E-state index contributed by atoms with van der Waals surface area (Å²) < 4.78 is 23.8. The molecular weight excluding hydrogens is 198 g/mol. The number of hydrogen-bond acceptors (Lipinski definition) is 3. The Balaban J connectivity index is 2.26. The van der Waals surface area contributed by atoms with Crippen molar-refractivity contribution in [3.8, 4) is 0 Å². The van der Waals surface area contributed by atoms with Crippen LogP contribution >= 0.6 is 0 Å². The molecule has 0 amide bonds. The highest BCUT2D eigenvalue weighted by molar-refractivity contribution is 7.92. The molecule has 4 heteroatoms. The summed E-state index contributed by atoms with van der Waals surface area (Å²) in [4.78, 5) is 0.414. The molecule has 1 fully saturated rings. The van der Waals surface area contributed by atoms with E-state index in [1.165, 1.54) is 0 Å². The van der Waals surface area contributed by atoms with Crippen LogP contribution in [-0.2, 0) is 9.84 Å². The van der Waals surface area contributed by atoms with Gasteiger partial charge in [-0.25, -0.2) is 8.42 Å². The van der Waals surface area contributed by atoms with Gasteiger partial charge in [0.25, 0.3) is 0 Å². The minimum absolute atomic E-state index is 0.0680. The van der Waals surface area contributed by atoms with E-state index in [1.54, 1.807) is 24.3 Å². The predicted molar refractivity (Wildman–Crippen MR) is 54.6 cm³/mol. The molecule has 1 aromatic carbocycles. The smallest absolute Gasteiger partial charge is 0.181 e. The fraction of sp³-hybridized carbons (Fsp3) is 0.400. The molecule has 1 aliphatic carbocycles. The Morgan fingerprint density at radius 3 is 2.21 bits per heavy atom. The lowest BCUT2D eigenvalue weighted by Crippen LogP contribution is -2.44. The van der Waals surface area contributed by atoms with Crippen molar-refractivity contribution in [3.63, 3.8) is 0 Å². The third-order valence-electron chi connectivity index (χ3n) is 2.64. The van der Waals surface area contributed by atoms with Crippen LogP contribution in [-0.4, -0.2) is 19.7 Å². The van der Waals surface area contributed by atoms with Gasteiger partial charge in [-0.05, 0) is 25.0 Å². The number of rotatable bonds is 2. The summed E-state index contributed by atoms with van der Waals surface area (Å²) in [6, 6.07) is 8.64. The van der Waals surface area contributed by atoms with Crippen LogP contribution in [0.25, 0.3) is 0 Å². The van der Waals surface area contributed by atoms with Crippen LogP contribution in [0.2, 0.25) is 0 Å². The van der Waals surface area contributed by atoms with Crippen molar-refractivity contribution >= 4 is 9.84 Å². The van der Waals surface area contributed by atoms with Crippen molar-refractivity contribution in [2.45, 2.75) is 29.0 Å². The second-order valence-corrected chi connectivity index (χ2v) is 5.94. The summed E-state index contributed by atoms with van der Waals surface area (Å²) in [6.07, 6.45) is 1.19. The van der Waals surface area contributed by atoms with E-state index in [4.69, 9.17) is 5.73 Å². The molecular formula is C10H13NO2S. The van der Waals surface area contributed by atoms with Crippen LogP contribution in [0.4, 0.5) is 0 Å². The lowest BCUT2D eigenvalue weighted by molar-refractivity contribution is 0.409. The summed E-state index contributed by atoms with van der Waals surface area (Å²) in [7, 11) is -3.12. The van der Waals surface area contributed by atoms with E-state index >= 15 is 0 Å². The summed E-state index contributed by atoms with van der Waals surface area (Å²) in [5, 5.41) is -0.264. The van der Waals surface area contributed by atoms with Gasteiger partial charge in [0.15, 0.2) is 9.84 Å². The third-order valence-corrected chi connectivity index (χ3v) is 4.83. The Labute approximate surface area is 83.9 Å². The normalized spacial score (nSPS) is 26.9. The molecule has 0 atom stereocenters. The summed E-state index contributed by atoms with van der Waals surface area (Å²) in [5.74, 6) is 0. The van der Waals surface area contributed by atoms with Crippen molar-refractivity contribution in [1.29, 1.82) is 0 Å². The highest BCUT2D eigenvalue weighted by Gasteiger charge is 2.37. The molecule has 2 N–H and O–H groups in total. The van der Waals surface area contributed by atoms with Crippen molar-refractivity contribution in [1.82, 2.24) is 0 Å². The molecule has 1 aliphatic rings. The minimum Gasteiger partial charge on any atom is -0.328 e. The maximum Gasteiger partial charge on any atom is 0.181 e. The van der Waals surface area contributed by atoms with E-state index in [1.807, 2.05) is 6.07 Å². The average molecular weight is 211 g/mol. The monoisotopic (exact) mass is 211 g/mol. The largest absolute Gasteiger partial charge is 0.328 e. The van der Waals surface area contributed by atoms with Gasteiger partial charge in [0.2, 0.25) is 0 Å². The molecule has 0 unspecified atom stereocenters. The first kappa shape index (κ1) is 9.68. The quantitative estimate of drug-likeness (QED) is 0.792. The highest BCUT2D eigenvalue weighted by Crippen LogP contribution is 2.30. The number of benzene rings is 1. The summed E-state index contributed by atoms with van der Waals surface area (Å²) >= 11 is 0. The summed E-state index contributed by atoms with van der Waals surface area (Å²) in [6.45, 7) is 0. The van der Waals surface area contributed by atoms with Crippen molar-refractivity contribution in [3.05, 3.63) is 30.3 Å². The first-order valence-electron chi connectivity index (χ1n) is 4.65. The van der Waals surface area contributed by atoms with E-state index in [0.717, 1.165) is 0 Å². The molecule has 76 valence electrons. The topological polar surface area (TPSA) is 60.2 Å². The van der Waals surface area contributed by atoms with Gasteiger partial charge in [0, 0.05) is 6.04 Å². The highest BCUT2D eigenvalue weighted by atomic mass is 32.2. The van der Waals surface area contributed by atoms with Gasteiger partial charge in [-0.2, -0.15) is 0 Å². The van der Waals surface area contributed by atoms with Gasteiger partial charge in [-0.1, -0.05) is 18.2 Å². The predicted octanol–water partition coefficient (Wildman–Crippen LogP) is 0.950. The fourth-order valence-corrected chi connectivity index (χ4v) is 3.58. The molecule has 2 rings (SSSR count). The van der Waals surface area contributed by atoms with E-state index in [9.17, 15) is 8.42 Å². The minimum atomic E-state index is -3.12. The van der Waals surface area contributed by atoms with Crippen LogP contribution in [0.5, 0.6) is 0 Å². The molecule has 0 bridgehead atoms. The van der Waals surface area contributed by atoms with E-state index in [-0.39, 0.29) is 11.3 Å². The van der Waals surface area contributed by atoms with Gasteiger partial charge in [-0.3, -0.25) is 0 Å². The number of nitrogens with two attached hydrogens (primary N) is 1. The van der Waals surface area contributed by atoms with Crippen LogP contribution in [0, 0.1) is 0 Å². The molecule has 14 heavy (non-hydrogen) atoms. The Hall–Kier alpha value is -0.870. The molecule has 0 radical (unpaired) electrons. The SMILES string of the molecule is NC1CC(S(=O)(=O)c2ccccc2)C1. The third kappa shape index (κ3) is 1.55. The standard InChI is InChI=1S/C10H13NO2S/c11-8-6-10(7-8)14(12,13)9-4-2-1-3-5-9/h1-5,8,10H,6-7,11H2. The van der Waals surface area contributed by atoms with Crippen molar-refractivity contribution in [2.75, 3.05) is 0 Å². The van der Waals surface area contributed by atoms with Crippen LogP contribution in [0.3, 0.4) is 0 Å². The zero-order valence-corrected chi connectivity index (χ0v) is 8.57. The lowest BCUT2D eigenvalue weighted by Gasteiger charge is -2.31. The van der Waals surface area contributed by atoms with Crippen LogP contribution in [0.15, 0.2) is 35.2 Å². The molecule has 3 nitrogen and oxygen atoms in total. The Kier molecular flexibility index (Phi) is 2.33. The molecule has 1 aromatic rings. The van der Waals surface area contributed by atoms with E-state index < -0.39 is 9.84 Å². The molecule has 0 spiro atoms. The fourth-order valence-electron chi connectivity index (χ4n) is 1.66. The van der Waals surface area contributed by atoms with Crippen molar-refractivity contribution in [2.24, 2.45) is 5.73 Å². The number of hydrogen-bond donors (Lipinski definition) is 1. The van der Waals surface area contributed by atoms with Crippen LogP contribution in [0.1, 0.15) is 12.8 Å². The van der Waals surface area contributed by atoms with Gasteiger partial charge in [0.1, 0.15) is 0 Å². The molecule has 0 heterocycles. The summed E-state index contributed by atoms with van der Waals surface area (Å²) in [5.41, 5.74) is 5.58. The van der Waals surface area contributed by atoms with Crippen molar-refractivity contribution < 1.29 is 8.42 Å². The zero-order valence-electron chi connectivity index (χ0n) is 7.76.